The van der Waals surface area contributed by atoms with Crippen LogP contribution in [0, 0.1) is 0 Å². The van der Waals surface area contributed by atoms with Crippen LogP contribution in [-0.4, -0.2) is 34.6 Å². The number of amides is 1. The Balaban J connectivity index is 1.76. The topological polar surface area (TPSA) is 68.5 Å². The molecule has 1 heterocycles. The van der Waals surface area contributed by atoms with Gasteiger partial charge in [0.15, 0.2) is 0 Å². The summed E-state index contributed by atoms with van der Waals surface area (Å²) in [7, 11) is 1.60. The van der Waals surface area contributed by atoms with Crippen LogP contribution in [0.2, 0.25) is 5.02 Å². The van der Waals surface area contributed by atoms with Crippen molar-refractivity contribution >= 4 is 17.5 Å². The van der Waals surface area contributed by atoms with Gasteiger partial charge in [0.05, 0.1) is 7.11 Å². The highest BCUT2D eigenvalue weighted by atomic mass is 35.5. The summed E-state index contributed by atoms with van der Waals surface area (Å²) < 4.78 is 10.5. The van der Waals surface area contributed by atoms with E-state index >= 15 is 0 Å². The van der Waals surface area contributed by atoms with E-state index in [1.54, 1.807) is 42.4 Å². The summed E-state index contributed by atoms with van der Waals surface area (Å²) in [5.41, 5.74) is 1.32. The molecule has 27 heavy (non-hydrogen) atoms. The number of carbonyl (C=O) groups excluding carboxylic acids is 1. The number of halogens is 1. The lowest BCUT2D eigenvalue weighted by atomic mass is 10.2. The van der Waals surface area contributed by atoms with Gasteiger partial charge in [-0.25, -0.2) is 0 Å². The summed E-state index contributed by atoms with van der Waals surface area (Å²) in [5, 5.41) is 4.56. The average Bonchev–Trinajstić information content (AvgIpc) is 3.16. The Kier molecular flexibility index (Phi) is 5.88. The molecule has 0 aliphatic carbocycles. The van der Waals surface area contributed by atoms with Gasteiger partial charge >= 0.3 is 0 Å². The van der Waals surface area contributed by atoms with Gasteiger partial charge in [-0.1, -0.05) is 22.8 Å². The number of nitrogens with zero attached hydrogens (tertiary/aromatic N) is 3. The molecule has 0 fully saturated rings. The first-order valence-electron chi connectivity index (χ1n) is 8.23. The lowest BCUT2D eigenvalue weighted by Crippen LogP contribution is -2.30. The van der Waals surface area contributed by atoms with Gasteiger partial charge in [0.1, 0.15) is 12.3 Å². The maximum atomic E-state index is 12.7. The Morgan fingerprint density at radius 2 is 1.93 bits per heavy atom. The van der Waals surface area contributed by atoms with Crippen LogP contribution >= 0.6 is 11.6 Å². The summed E-state index contributed by atoms with van der Waals surface area (Å²) in [6.45, 7) is 4.23. The third kappa shape index (κ3) is 4.54. The first-order valence-corrected chi connectivity index (χ1v) is 8.61. The maximum Gasteiger partial charge on any atom is 0.254 e. The van der Waals surface area contributed by atoms with Crippen LogP contribution in [0.4, 0.5) is 0 Å². The van der Waals surface area contributed by atoms with E-state index in [0.717, 1.165) is 11.3 Å². The van der Waals surface area contributed by atoms with Crippen molar-refractivity contribution in [2.75, 3.05) is 13.7 Å². The molecule has 0 atom stereocenters. The van der Waals surface area contributed by atoms with Crippen molar-refractivity contribution in [1.29, 1.82) is 0 Å². The SMILES string of the molecule is C=CCN(Cc1nc(-c2ccc(OC)cc2)no1)C(=O)c1ccc(Cl)cc1. The maximum absolute atomic E-state index is 12.7. The normalized spacial score (nSPS) is 10.4. The predicted molar refractivity (Wildman–Crippen MR) is 103 cm³/mol. The molecule has 2 aromatic carbocycles. The molecule has 0 saturated heterocycles. The van der Waals surface area contributed by atoms with Crippen molar-refractivity contribution < 1.29 is 14.1 Å². The monoisotopic (exact) mass is 383 g/mol. The molecule has 0 unspecified atom stereocenters. The van der Waals surface area contributed by atoms with E-state index in [2.05, 4.69) is 16.7 Å². The van der Waals surface area contributed by atoms with Gasteiger partial charge in [0.2, 0.25) is 11.7 Å². The van der Waals surface area contributed by atoms with Gasteiger partial charge in [-0.2, -0.15) is 4.98 Å². The fourth-order valence-electron chi connectivity index (χ4n) is 2.49. The molecule has 1 amide bonds. The van der Waals surface area contributed by atoms with E-state index in [0.29, 0.717) is 28.8 Å². The molecule has 6 nitrogen and oxygen atoms in total. The summed E-state index contributed by atoms with van der Waals surface area (Å²) >= 11 is 5.88. The molecule has 0 aliphatic rings. The zero-order chi connectivity index (χ0) is 19.2. The highest BCUT2D eigenvalue weighted by Crippen LogP contribution is 2.20. The van der Waals surface area contributed by atoms with Crippen LogP contribution < -0.4 is 4.74 Å². The number of hydrogen-bond donors (Lipinski definition) is 0. The molecular formula is C20H18ClN3O3. The van der Waals surface area contributed by atoms with Gasteiger partial charge in [0, 0.05) is 22.7 Å². The van der Waals surface area contributed by atoms with E-state index in [1.165, 1.54) is 0 Å². The van der Waals surface area contributed by atoms with Gasteiger partial charge in [0.25, 0.3) is 5.91 Å². The summed E-state index contributed by atoms with van der Waals surface area (Å²) in [4.78, 5) is 18.7. The molecule has 3 rings (SSSR count). The third-order valence-electron chi connectivity index (χ3n) is 3.87. The molecule has 0 aliphatic heterocycles. The summed E-state index contributed by atoms with van der Waals surface area (Å²) in [6.07, 6.45) is 1.65. The fourth-order valence-corrected chi connectivity index (χ4v) is 2.62. The second-order valence-corrected chi connectivity index (χ2v) is 6.16. The number of benzene rings is 2. The number of ether oxygens (including phenoxy) is 1. The molecular weight excluding hydrogens is 366 g/mol. The molecule has 0 spiro atoms. The number of rotatable bonds is 7. The first kappa shape index (κ1) is 18.7. The van der Waals surface area contributed by atoms with E-state index in [-0.39, 0.29) is 12.5 Å². The third-order valence-corrected chi connectivity index (χ3v) is 4.12. The van der Waals surface area contributed by atoms with E-state index in [1.807, 2.05) is 24.3 Å². The number of carbonyl (C=O) groups is 1. The number of methoxy groups -OCH3 is 1. The van der Waals surface area contributed by atoms with Gasteiger partial charge in [-0.3, -0.25) is 4.79 Å². The highest BCUT2D eigenvalue weighted by molar-refractivity contribution is 6.30. The molecule has 0 radical (unpaired) electrons. The van der Waals surface area contributed by atoms with Crippen molar-refractivity contribution in [3.8, 4) is 17.1 Å². The van der Waals surface area contributed by atoms with E-state index in [9.17, 15) is 4.79 Å². The Morgan fingerprint density at radius 1 is 1.22 bits per heavy atom. The molecule has 7 heteroatoms. The Bertz CT molecular complexity index is 920. The van der Waals surface area contributed by atoms with Crippen molar-refractivity contribution in [2.45, 2.75) is 6.54 Å². The van der Waals surface area contributed by atoms with E-state index < -0.39 is 0 Å². The second kappa shape index (κ2) is 8.51. The fraction of sp³-hybridized carbons (Fsp3) is 0.150. The molecule has 3 aromatic rings. The van der Waals surface area contributed by atoms with Gasteiger partial charge in [-0.05, 0) is 48.5 Å². The summed E-state index contributed by atoms with van der Waals surface area (Å²) in [5.74, 6) is 1.36. The number of aromatic nitrogens is 2. The zero-order valence-electron chi connectivity index (χ0n) is 14.8. The second-order valence-electron chi connectivity index (χ2n) is 5.72. The lowest BCUT2D eigenvalue weighted by molar-refractivity contribution is 0.0745. The number of hydrogen-bond acceptors (Lipinski definition) is 5. The minimum Gasteiger partial charge on any atom is -0.497 e. The minimum absolute atomic E-state index is 0.171. The van der Waals surface area contributed by atoms with Crippen LogP contribution in [-0.2, 0) is 6.54 Å². The Morgan fingerprint density at radius 3 is 2.56 bits per heavy atom. The smallest absolute Gasteiger partial charge is 0.254 e. The molecule has 0 bridgehead atoms. The van der Waals surface area contributed by atoms with Gasteiger partial charge in [-0.15, -0.1) is 6.58 Å². The first-order chi connectivity index (χ1) is 13.1. The quantitative estimate of drug-likeness (QED) is 0.571. The van der Waals surface area contributed by atoms with Crippen LogP contribution in [0.3, 0.4) is 0 Å². The predicted octanol–water partition coefficient (Wildman–Crippen LogP) is 4.23. The van der Waals surface area contributed by atoms with E-state index in [4.69, 9.17) is 20.9 Å². The van der Waals surface area contributed by atoms with Crippen molar-refractivity contribution in [3.05, 3.63) is 77.7 Å². The molecule has 138 valence electrons. The van der Waals surface area contributed by atoms with Crippen molar-refractivity contribution in [1.82, 2.24) is 15.0 Å². The molecule has 0 saturated carbocycles. The van der Waals surface area contributed by atoms with Crippen LogP contribution in [0.25, 0.3) is 11.4 Å². The molecule has 1 aromatic heterocycles. The summed E-state index contributed by atoms with van der Waals surface area (Å²) in [6, 6.07) is 14.0. The van der Waals surface area contributed by atoms with Crippen molar-refractivity contribution in [3.63, 3.8) is 0 Å². The highest BCUT2D eigenvalue weighted by Gasteiger charge is 2.18. The van der Waals surface area contributed by atoms with Crippen molar-refractivity contribution in [2.24, 2.45) is 0 Å². The van der Waals surface area contributed by atoms with Crippen LogP contribution in [0.5, 0.6) is 5.75 Å². The lowest BCUT2D eigenvalue weighted by Gasteiger charge is -2.19. The minimum atomic E-state index is -0.171. The average molecular weight is 384 g/mol. The molecule has 0 N–H and O–H groups in total. The van der Waals surface area contributed by atoms with Crippen LogP contribution in [0.1, 0.15) is 16.2 Å². The zero-order valence-corrected chi connectivity index (χ0v) is 15.5. The van der Waals surface area contributed by atoms with Crippen LogP contribution in [0.15, 0.2) is 65.7 Å². The Labute approximate surface area is 162 Å². The Hall–Kier alpha value is -3.12. The van der Waals surface area contributed by atoms with Gasteiger partial charge < -0.3 is 14.2 Å². The largest absolute Gasteiger partial charge is 0.497 e. The standard InChI is InChI=1S/C20H18ClN3O3/c1-3-12-24(20(25)15-4-8-16(21)9-5-15)13-18-22-19(23-27-18)14-6-10-17(26-2)11-7-14/h3-11H,1,12-13H2,2H3.